The summed E-state index contributed by atoms with van der Waals surface area (Å²) >= 11 is 1.87. The average Bonchev–Trinajstić information content (AvgIpc) is 2.65. The van der Waals surface area contributed by atoms with Crippen LogP contribution in [0.15, 0.2) is 36.4 Å². The van der Waals surface area contributed by atoms with E-state index in [-0.39, 0.29) is 17.0 Å². The lowest BCUT2D eigenvalue weighted by Gasteiger charge is -2.26. The molecule has 4 rings (SSSR count). The third-order valence-electron chi connectivity index (χ3n) is 4.97. The highest BCUT2D eigenvalue weighted by molar-refractivity contribution is 7.99. The van der Waals surface area contributed by atoms with Crippen LogP contribution in [0.4, 0.5) is 4.39 Å². The molecule has 5 heteroatoms. The maximum absolute atomic E-state index is 13.9. The van der Waals surface area contributed by atoms with Gasteiger partial charge in [0.15, 0.2) is 0 Å². The molecule has 0 aliphatic carbocycles. The molecule has 0 bridgehead atoms. The van der Waals surface area contributed by atoms with Crippen LogP contribution in [-0.4, -0.2) is 24.7 Å². The Hall–Kier alpha value is -1.85. The van der Waals surface area contributed by atoms with E-state index in [0.717, 1.165) is 36.3 Å². The van der Waals surface area contributed by atoms with Crippen molar-refractivity contribution in [1.29, 1.82) is 0 Å². The summed E-state index contributed by atoms with van der Waals surface area (Å²) in [7, 11) is 0. The third kappa shape index (κ3) is 3.44. The number of hydrogen-bond acceptors (Lipinski definition) is 3. The highest BCUT2D eigenvalue weighted by atomic mass is 32.2. The maximum Gasteiger partial charge on any atom is 0.251 e. The first-order valence-electron chi connectivity index (χ1n) is 8.72. The van der Waals surface area contributed by atoms with Gasteiger partial charge in [-0.1, -0.05) is 24.3 Å². The van der Waals surface area contributed by atoms with Gasteiger partial charge in [-0.15, -0.1) is 0 Å². The van der Waals surface area contributed by atoms with E-state index in [9.17, 15) is 9.18 Å². The Morgan fingerprint density at radius 1 is 1.24 bits per heavy atom. The molecule has 1 atom stereocenters. The number of carbonyl (C=O) groups excluding carboxylic acids is 1. The Bertz CT molecular complexity index is 808. The summed E-state index contributed by atoms with van der Waals surface area (Å²) in [6.07, 6.45) is 1.84. The van der Waals surface area contributed by atoms with Crippen molar-refractivity contribution in [2.24, 2.45) is 0 Å². The molecule has 130 valence electrons. The number of carbonyl (C=O) groups is 1. The summed E-state index contributed by atoms with van der Waals surface area (Å²) < 4.78 is 13.9. The summed E-state index contributed by atoms with van der Waals surface area (Å²) in [5.41, 5.74) is 5.02. The Morgan fingerprint density at radius 3 is 3.04 bits per heavy atom. The minimum absolute atomic E-state index is 0.178. The minimum Gasteiger partial charge on any atom is -0.351 e. The number of rotatable bonds is 3. The zero-order valence-corrected chi connectivity index (χ0v) is 14.8. The number of fused-ring (bicyclic) bond motifs is 2. The predicted molar refractivity (Wildman–Crippen MR) is 99.5 cm³/mol. The van der Waals surface area contributed by atoms with Crippen LogP contribution in [0, 0.1) is 5.82 Å². The van der Waals surface area contributed by atoms with Crippen molar-refractivity contribution < 1.29 is 9.18 Å². The topological polar surface area (TPSA) is 41.1 Å². The lowest BCUT2D eigenvalue weighted by atomic mass is 9.95. The summed E-state index contributed by atoms with van der Waals surface area (Å²) in [6, 6.07) is 11.3. The minimum atomic E-state index is -0.330. The lowest BCUT2D eigenvalue weighted by Crippen LogP contribution is -2.32. The van der Waals surface area contributed by atoms with Crippen LogP contribution in [-0.2, 0) is 19.4 Å². The second-order valence-corrected chi connectivity index (χ2v) is 7.85. The SMILES string of the molecule is O=C(NCC1SCCc2ccccc21)c1cc(F)cc2c1CNCC2. The van der Waals surface area contributed by atoms with Crippen molar-refractivity contribution in [3.05, 3.63) is 70.0 Å². The summed E-state index contributed by atoms with van der Waals surface area (Å²) in [5.74, 6) is 0.558. The molecule has 2 heterocycles. The molecular formula is C20H21FN2OS. The molecule has 0 radical (unpaired) electrons. The number of thioether (sulfide) groups is 1. The van der Waals surface area contributed by atoms with E-state index in [2.05, 4.69) is 28.8 Å². The Labute approximate surface area is 151 Å². The quantitative estimate of drug-likeness (QED) is 0.887. The Kier molecular flexibility index (Phi) is 4.77. The van der Waals surface area contributed by atoms with E-state index in [0.29, 0.717) is 18.7 Å². The van der Waals surface area contributed by atoms with Gasteiger partial charge >= 0.3 is 0 Å². The van der Waals surface area contributed by atoms with Crippen LogP contribution in [0.2, 0.25) is 0 Å². The monoisotopic (exact) mass is 356 g/mol. The molecule has 0 fully saturated rings. The van der Waals surface area contributed by atoms with Gasteiger partial charge in [0.25, 0.3) is 5.91 Å². The zero-order valence-electron chi connectivity index (χ0n) is 14.0. The first-order chi connectivity index (χ1) is 12.2. The fraction of sp³-hybridized carbons (Fsp3) is 0.350. The van der Waals surface area contributed by atoms with Crippen molar-refractivity contribution in [3.63, 3.8) is 0 Å². The van der Waals surface area contributed by atoms with Crippen molar-refractivity contribution in [2.75, 3.05) is 18.8 Å². The van der Waals surface area contributed by atoms with Crippen LogP contribution in [0.1, 0.15) is 37.9 Å². The van der Waals surface area contributed by atoms with Gasteiger partial charge < -0.3 is 10.6 Å². The van der Waals surface area contributed by atoms with Gasteiger partial charge in [0.2, 0.25) is 0 Å². The highest BCUT2D eigenvalue weighted by Gasteiger charge is 2.23. The van der Waals surface area contributed by atoms with E-state index in [4.69, 9.17) is 0 Å². The summed E-state index contributed by atoms with van der Waals surface area (Å²) in [4.78, 5) is 12.7. The van der Waals surface area contributed by atoms with Crippen LogP contribution in [0.5, 0.6) is 0 Å². The molecule has 0 aromatic heterocycles. The van der Waals surface area contributed by atoms with Gasteiger partial charge in [0, 0.05) is 23.9 Å². The van der Waals surface area contributed by atoms with Gasteiger partial charge in [-0.3, -0.25) is 4.79 Å². The van der Waals surface area contributed by atoms with Crippen LogP contribution in [0.3, 0.4) is 0 Å². The van der Waals surface area contributed by atoms with E-state index in [1.807, 2.05) is 17.8 Å². The van der Waals surface area contributed by atoms with Crippen molar-refractivity contribution in [3.8, 4) is 0 Å². The fourth-order valence-electron chi connectivity index (χ4n) is 3.69. The Balaban J connectivity index is 1.51. The van der Waals surface area contributed by atoms with Crippen molar-refractivity contribution in [2.45, 2.75) is 24.6 Å². The van der Waals surface area contributed by atoms with Crippen molar-refractivity contribution in [1.82, 2.24) is 10.6 Å². The molecule has 2 aliphatic rings. The number of halogens is 1. The molecule has 3 nitrogen and oxygen atoms in total. The number of nitrogens with one attached hydrogen (secondary N) is 2. The van der Waals surface area contributed by atoms with Crippen molar-refractivity contribution >= 4 is 17.7 Å². The molecule has 0 spiro atoms. The third-order valence-corrected chi connectivity index (χ3v) is 6.23. The second kappa shape index (κ2) is 7.18. The van der Waals surface area contributed by atoms with E-state index < -0.39 is 0 Å². The van der Waals surface area contributed by atoms with E-state index >= 15 is 0 Å². The predicted octanol–water partition coefficient (Wildman–Crippen LogP) is 3.23. The standard InChI is InChI=1S/C20H21FN2OS/c21-15-9-14-5-7-22-11-18(14)17(10-15)20(24)23-12-19-16-4-2-1-3-13(16)6-8-25-19/h1-4,9-10,19,22H,5-8,11-12H2,(H,23,24). The molecule has 0 saturated heterocycles. The number of amides is 1. The lowest BCUT2D eigenvalue weighted by molar-refractivity contribution is 0.0952. The summed E-state index contributed by atoms with van der Waals surface area (Å²) in [6.45, 7) is 2.02. The fourth-order valence-corrected chi connectivity index (χ4v) is 4.92. The zero-order chi connectivity index (χ0) is 17.2. The largest absolute Gasteiger partial charge is 0.351 e. The first-order valence-corrected chi connectivity index (χ1v) is 9.77. The number of benzene rings is 2. The molecule has 1 amide bonds. The average molecular weight is 356 g/mol. The highest BCUT2D eigenvalue weighted by Crippen LogP contribution is 2.36. The molecule has 2 aromatic rings. The van der Waals surface area contributed by atoms with E-state index in [1.54, 1.807) is 6.07 Å². The number of aryl methyl sites for hydroxylation is 1. The van der Waals surface area contributed by atoms with Gasteiger partial charge in [0.05, 0.1) is 0 Å². The second-order valence-electron chi connectivity index (χ2n) is 6.54. The molecule has 2 N–H and O–H groups in total. The molecule has 0 saturated carbocycles. The molecular weight excluding hydrogens is 335 g/mol. The maximum atomic E-state index is 13.9. The van der Waals surface area contributed by atoms with Gasteiger partial charge in [0.1, 0.15) is 5.82 Å². The number of hydrogen-bond donors (Lipinski definition) is 2. The van der Waals surface area contributed by atoms with Gasteiger partial charge in [-0.05, 0) is 59.5 Å². The van der Waals surface area contributed by atoms with Crippen LogP contribution >= 0.6 is 11.8 Å². The van der Waals surface area contributed by atoms with Crippen LogP contribution < -0.4 is 10.6 Å². The summed E-state index contributed by atoms with van der Waals surface area (Å²) in [5, 5.41) is 6.56. The van der Waals surface area contributed by atoms with Gasteiger partial charge in [-0.2, -0.15) is 11.8 Å². The smallest absolute Gasteiger partial charge is 0.251 e. The molecule has 2 aliphatic heterocycles. The molecule has 1 unspecified atom stereocenters. The van der Waals surface area contributed by atoms with E-state index in [1.165, 1.54) is 17.2 Å². The molecule has 25 heavy (non-hydrogen) atoms. The molecule has 2 aromatic carbocycles. The van der Waals surface area contributed by atoms with Gasteiger partial charge in [-0.25, -0.2) is 4.39 Å². The Morgan fingerprint density at radius 2 is 2.12 bits per heavy atom. The normalized spacial score (nSPS) is 19.0. The first kappa shape index (κ1) is 16.6. The van der Waals surface area contributed by atoms with Crippen LogP contribution in [0.25, 0.3) is 0 Å².